The summed E-state index contributed by atoms with van der Waals surface area (Å²) < 4.78 is 0.380. The molecule has 21 heavy (non-hydrogen) atoms. The lowest BCUT2D eigenvalue weighted by molar-refractivity contribution is -0.385. The number of hydrogen-bond donors (Lipinski definition) is 0. The highest BCUT2D eigenvalue weighted by atomic mass is 79.9. The third-order valence-corrected chi connectivity index (χ3v) is 4.58. The molecule has 0 N–H and O–H groups in total. The van der Waals surface area contributed by atoms with Crippen LogP contribution in [0.15, 0.2) is 22.7 Å². The van der Waals surface area contributed by atoms with E-state index in [0.717, 1.165) is 0 Å². The van der Waals surface area contributed by atoms with Crippen molar-refractivity contribution in [3.05, 3.63) is 38.3 Å². The normalized spacial score (nSPS) is 21.9. The van der Waals surface area contributed by atoms with E-state index in [1.807, 2.05) is 14.1 Å². The van der Waals surface area contributed by atoms with E-state index in [4.69, 9.17) is 0 Å². The van der Waals surface area contributed by atoms with Crippen LogP contribution in [0.25, 0.3) is 0 Å². The molecule has 1 aromatic carbocycles. The molecule has 0 saturated carbocycles. The van der Waals surface area contributed by atoms with Gasteiger partial charge in [-0.15, -0.1) is 0 Å². The van der Waals surface area contributed by atoms with Crippen LogP contribution in [0.2, 0.25) is 0 Å². The van der Waals surface area contributed by atoms with E-state index in [-0.39, 0.29) is 11.6 Å². The molecule has 1 aromatic rings. The van der Waals surface area contributed by atoms with Gasteiger partial charge in [-0.25, -0.2) is 0 Å². The van der Waals surface area contributed by atoms with Gasteiger partial charge in [0.05, 0.1) is 9.40 Å². The first kappa shape index (κ1) is 15.9. The molecule has 2 atom stereocenters. The number of nitro benzene ring substituents is 1. The Bertz CT molecular complexity index is 577. The summed E-state index contributed by atoms with van der Waals surface area (Å²) in [5.74, 6) is 0.233. The Balaban J connectivity index is 2.22. The molecule has 0 radical (unpaired) electrons. The van der Waals surface area contributed by atoms with Crippen LogP contribution in [0.1, 0.15) is 17.3 Å². The zero-order valence-electron chi connectivity index (χ0n) is 12.2. The molecule has 1 fully saturated rings. The Morgan fingerprint density at radius 2 is 2.10 bits per heavy atom. The van der Waals surface area contributed by atoms with Gasteiger partial charge in [0.2, 0.25) is 0 Å². The minimum atomic E-state index is -0.490. The number of likely N-dealkylation sites (N-methyl/N-ethyl adjacent to an activating group) is 1. The molecule has 1 aliphatic rings. The standard InChI is InChI=1S/C14H18BrN3O3/c1-9-7-17(8-13(9)16(2)3)14(19)10-4-5-11(15)12(6-10)18(20)21/h4-6,9,13H,7-8H2,1-3H3. The second-order valence-electron chi connectivity index (χ2n) is 5.64. The molecule has 1 saturated heterocycles. The number of carbonyl (C=O) groups is 1. The summed E-state index contributed by atoms with van der Waals surface area (Å²) in [7, 11) is 4.00. The van der Waals surface area contributed by atoms with Gasteiger partial charge in [-0.3, -0.25) is 14.9 Å². The maximum absolute atomic E-state index is 12.5. The van der Waals surface area contributed by atoms with Crippen molar-refractivity contribution in [3.63, 3.8) is 0 Å². The highest BCUT2D eigenvalue weighted by Crippen LogP contribution is 2.28. The van der Waals surface area contributed by atoms with Gasteiger partial charge in [-0.2, -0.15) is 0 Å². The number of nitro groups is 1. The van der Waals surface area contributed by atoms with Gasteiger partial charge in [-0.05, 0) is 48.1 Å². The number of carbonyl (C=O) groups excluding carboxylic acids is 1. The fourth-order valence-electron chi connectivity index (χ4n) is 2.76. The van der Waals surface area contributed by atoms with E-state index in [0.29, 0.717) is 35.1 Å². The van der Waals surface area contributed by atoms with E-state index in [1.54, 1.807) is 17.0 Å². The molecule has 7 heteroatoms. The van der Waals surface area contributed by atoms with E-state index >= 15 is 0 Å². The summed E-state index contributed by atoms with van der Waals surface area (Å²) in [6.07, 6.45) is 0. The maximum atomic E-state index is 12.5. The zero-order valence-corrected chi connectivity index (χ0v) is 13.8. The fourth-order valence-corrected chi connectivity index (χ4v) is 3.15. The third-order valence-electron chi connectivity index (χ3n) is 3.91. The van der Waals surface area contributed by atoms with Crippen molar-refractivity contribution in [2.75, 3.05) is 27.2 Å². The van der Waals surface area contributed by atoms with E-state index in [9.17, 15) is 14.9 Å². The van der Waals surface area contributed by atoms with Crippen LogP contribution in [0.4, 0.5) is 5.69 Å². The fraction of sp³-hybridized carbons (Fsp3) is 0.500. The Labute approximate surface area is 132 Å². The third kappa shape index (κ3) is 3.24. The predicted molar refractivity (Wildman–Crippen MR) is 83.3 cm³/mol. The SMILES string of the molecule is CC1CN(C(=O)c2ccc(Br)c([N+](=O)[O-])c2)CC1N(C)C. The van der Waals surface area contributed by atoms with Crippen LogP contribution in [0, 0.1) is 16.0 Å². The van der Waals surface area contributed by atoms with Crippen molar-refractivity contribution in [3.8, 4) is 0 Å². The molecule has 0 aliphatic carbocycles. The minimum Gasteiger partial charge on any atom is -0.337 e. The van der Waals surface area contributed by atoms with Crippen LogP contribution < -0.4 is 0 Å². The van der Waals surface area contributed by atoms with Gasteiger partial charge in [0.15, 0.2) is 0 Å². The molecule has 1 heterocycles. The van der Waals surface area contributed by atoms with Crippen molar-refractivity contribution >= 4 is 27.5 Å². The monoisotopic (exact) mass is 355 g/mol. The molecular formula is C14H18BrN3O3. The van der Waals surface area contributed by atoms with Crippen LogP contribution in [0.5, 0.6) is 0 Å². The van der Waals surface area contributed by atoms with Crippen LogP contribution in [0.3, 0.4) is 0 Å². The first-order chi connectivity index (χ1) is 9.81. The number of benzene rings is 1. The number of hydrogen-bond acceptors (Lipinski definition) is 4. The Morgan fingerprint density at radius 3 is 2.62 bits per heavy atom. The summed E-state index contributed by atoms with van der Waals surface area (Å²) in [6, 6.07) is 4.82. The number of rotatable bonds is 3. The maximum Gasteiger partial charge on any atom is 0.284 e. The lowest BCUT2D eigenvalue weighted by Crippen LogP contribution is -2.35. The van der Waals surface area contributed by atoms with Gasteiger partial charge in [0.25, 0.3) is 11.6 Å². The van der Waals surface area contributed by atoms with Crippen molar-refractivity contribution in [1.29, 1.82) is 0 Å². The van der Waals surface area contributed by atoms with E-state index < -0.39 is 4.92 Å². The quantitative estimate of drug-likeness (QED) is 0.616. The molecule has 0 bridgehead atoms. The topological polar surface area (TPSA) is 66.7 Å². The van der Waals surface area contributed by atoms with Gasteiger partial charge < -0.3 is 9.80 Å². The summed E-state index contributed by atoms with van der Waals surface area (Å²) in [5, 5.41) is 11.0. The number of likely N-dealkylation sites (tertiary alicyclic amines) is 1. The lowest BCUT2D eigenvalue weighted by Gasteiger charge is -2.22. The smallest absolute Gasteiger partial charge is 0.284 e. The van der Waals surface area contributed by atoms with Crippen molar-refractivity contribution in [1.82, 2.24) is 9.80 Å². The van der Waals surface area contributed by atoms with Crippen LogP contribution in [-0.4, -0.2) is 53.9 Å². The van der Waals surface area contributed by atoms with Crippen molar-refractivity contribution in [2.24, 2.45) is 5.92 Å². The van der Waals surface area contributed by atoms with Crippen molar-refractivity contribution < 1.29 is 9.72 Å². The van der Waals surface area contributed by atoms with Gasteiger partial charge in [0.1, 0.15) is 0 Å². The Morgan fingerprint density at radius 1 is 1.43 bits per heavy atom. The molecule has 0 spiro atoms. The largest absolute Gasteiger partial charge is 0.337 e. The molecule has 1 amide bonds. The number of halogens is 1. The van der Waals surface area contributed by atoms with E-state index in [2.05, 4.69) is 27.8 Å². The second kappa shape index (κ2) is 6.11. The Hall–Kier alpha value is -1.47. The van der Waals surface area contributed by atoms with E-state index in [1.165, 1.54) is 6.07 Å². The molecule has 1 aliphatic heterocycles. The van der Waals surface area contributed by atoms with Gasteiger partial charge >= 0.3 is 0 Å². The van der Waals surface area contributed by atoms with Gasteiger partial charge in [-0.1, -0.05) is 6.92 Å². The number of amides is 1. The summed E-state index contributed by atoms with van der Waals surface area (Å²) in [5.41, 5.74) is 0.272. The summed E-state index contributed by atoms with van der Waals surface area (Å²) >= 11 is 3.13. The lowest BCUT2D eigenvalue weighted by atomic mass is 10.1. The second-order valence-corrected chi connectivity index (χ2v) is 6.50. The predicted octanol–water partition coefficient (Wildman–Crippen LogP) is 2.38. The Kier molecular flexibility index (Phi) is 4.63. The molecular weight excluding hydrogens is 338 g/mol. The molecule has 2 unspecified atom stereocenters. The molecule has 0 aromatic heterocycles. The minimum absolute atomic E-state index is 0.0859. The first-order valence-electron chi connectivity index (χ1n) is 6.71. The number of nitrogens with zero attached hydrogens (tertiary/aromatic N) is 3. The van der Waals surface area contributed by atoms with Crippen molar-refractivity contribution in [2.45, 2.75) is 13.0 Å². The van der Waals surface area contributed by atoms with Crippen LogP contribution in [-0.2, 0) is 0 Å². The first-order valence-corrected chi connectivity index (χ1v) is 7.50. The highest BCUT2D eigenvalue weighted by molar-refractivity contribution is 9.10. The average molecular weight is 356 g/mol. The zero-order chi connectivity index (χ0) is 15.7. The van der Waals surface area contributed by atoms with Crippen LogP contribution >= 0.6 is 15.9 Å². The highest BCUT2D eigenvalue weighted by Gasteiger charge is 2.34. The summed E-state index contributed by atoms with van der Waals surface area (Å²) in [4.78, 5) is 26.9. The molecule has 2 rings (SSSR count). The molecule has 6 nitrogen and oxygen atoms in total. The average Bonchev–Trinajstić information content (AvgIpc) is 2.80. The molecule has 114 valence electrons. The van der Waals surface area contributed by atoms with Gasteiger partial charge in [0, 0.05) is 30.8 Å². The summed E-state index contributed by atoms with van der Waals surface area (Å²) in [6.45, 7) is 3.43.